The number of ether oxygens (including phenoxy) is 1. The summed E-state index contributed by atoms with van der Waals surface area (Å²) < 4.78 is 4.47. The van der Waals surface area contributed by atoms with Crippen molar-refractivity contribution in [2.24, 2.45) is 0 Å². The van der Waals surface area contributed by atoms with Gasteiger partial charge in [0, 0.05) is 0 Å². The molecule has 18 heavy (non-hydrogen) atoms. The molecule has 0 saturated carbocycles. The minimum Gasteiger partial charge on any atom is -0.506 e. The van der Waals surface area contributed by atoms with Gasteiger partial charge in [-0.15, -0.1) is 0 Å². The highest BCUT2D eigenvalue weighted by Crippen LogP contribution is 2.27. The molecule has 1 aromatic rings. The molecular weight excluding hydrogens is 260 g/mol. The number of rotatable bonds is 5. The third-order valence-corrected chi connectivity index (χ3v) is 2.42. The molecule has 0 aliphatic rings. The molecule has 0 aromatic heterocycles. The van der Waals surface area contributed by atoms with E-state index < -0.39 is 29.7 Å². The number of aromatic hydroxyl groups is 1. The van der Waals surface area contributed by atoms with Crippen LogP contribution in [-0.4, -0.2) is 29.2 Å². The first-order chi connectivity index (χ1) is 8.47. The van der Waals surface area contributed by atoms with Gasteiger partial charge in [0.05, 0.1) is 23.6 Å². The Labute approximate surface area is 108 Å². The van der Waals surface area contributed by atoms with Gasteiger partial charge in [0.2, 0.25) is 5.78 Å². The first-order valence-electron chi connectivity index (χ1n) is 5.18. The van der Waals surface area contributed by atoms with Gasteiger partial charge in [0.25, 0.3) is 0 Å². The molecule has 0 bridgehead atoms. The minimum atomic E-state index is -1.06. The van der Waals surface area contributed by atoms with Gasteiger partial charge in [-0.1, -0.05) is 17.7 Å². The van der Waals surface area contributed by atoms with E-state index in [0.717, 1.165) is 0 Å². The summed E-state index contributed by atoms with van der Waals surface area (Å²) in [6.45, 7) is 1.61. The van der Waals surface area contributed by atoms with Crippen LogP contribution in [0.4, 0.5) is 0 Å². The number of Topliss-reactive ketones (excluding diaryl/α,β-unsaturated/α-hetero) is 2. The summed E-state index contributed by atoms with van der Waals surface area (Å²) in [7, 11) is 0. The summed E-state index contributed by atoms with van der Waals surface area (Å²) in [5, 5.41) is 9.55. The summed E-state index contributed by atoms with van der Waals surface area (Å²) in [6.07, 6.45) is -0.660. The van der Waals surface area contributed by atoms with Gasteiger partial charge in [0.1, 0.15) is 5.75 Å². The second-order valence-corrected chi connectivity index (χ2v) is 3.79. The van der Waals surface area contributed by atoms with Crippen LogP contribution in [0.1, 0.15) is 23.7 Å². The van der Waals surface area contributed by atoms with Crippen LogP contribution in [0, 0.1) is 0 Å². The SMILES string of the molecule is CCOC(=O)C(=O)CC(=O)c1cccc(Cl)c1O. The lowest BCUT2D eigenvalue weighted by Gasteiger charge is -2.04. The molecule has 0 fully saturated rings. The number of benzene rings is 1. The van der Waals surface area contributed by atoms with Crippen molar-refractivity contribution in [3.8, 4) is 5.75 Å². The summed E-state index contributed by atoms with van der Waals surface area (Å²) in [5.41, 5.74) is -0.0971. The zero-order chi connectivity index (χ0) is 13.7. The molecule has 5 nitrogen and oxygen atoms in total. The number of hydrogen-bond acceptors (Lipinski definition) is 5. The summed E-state index contributed by atoms with van der Waals surface area (Å²) in [5.74, 6) is -3.11. The molecule has 1 aromatic carbocycles. The Balaban J connectivity index is 2.80. The molecular formula is C12H11ClO5. The van der Waals surface area contributed by atoms with E-state index in [1.54, 1.807) is 6.92 Å². The van der Waals surface area contributed by atoms with Crippen LogP contribution >= 0.6 is 11.6 Å². The van der Waals surface area contributed by atoms with E-state index in [-0.39, 0.29) is 17.2 Å². The zero-order valence-electron chi connectivity index (χ0n) is 9.60. The van der Waals surface area contributed by atoms with E-state index in [9.17, 15) is 19.5 Å². The van der Waals surface area contributed by atoms with Crippen molar-refractivity contribution in [3.63, 3.8) is 0 Å². The monoisotopic (exact) mass is 270 g/mol. The first-order valence-corrected chi connectivity index (χ1v) is 5.55. The van der Waals surface area contributed by atoms with Gasteiger partial charge >= 0.3 is 5.97 Å². The van der Waals surface area contributed by atoms with Crippen molar-refractivity contribution in [2.45, 2.75) is 13.3 Å². The van der Waals surface area contributed by atoms with E-state index >= 15 is 0 Å². The van der Waals surface area contributed by atoms with E-state index in [1.165, 1.54) is 18.2 Å². The number of carbonyl (C=O) groups is 3. The standard InChI is InChI=1S/C12H11ClO5/c1-2-18-12(17)10(15)6-9(14)7-4-3-5-8(13)11(7)16/h3-5,16H,2,6H2,1H3. The molecule has 1 N–H and O–H groups in total. The minimum absolute atomic E-state index is 0.00411. The molecule has 0 amide bonds. The second kappa shape index (κ2) is 6.16. The van der Waals surface area contributed by atoms with Gasteiger partial charge in [0.15, 0.2) is 5.78 Å². The van der Waals surface area contributed by atoms with Gasteiger partial charge in [-0.2, -0.15) is 0 Å². The maximum absolute atomic E-state index is 11.7. The highest BCUT2D eigenvalue weighted by Gasteiger charge is 2.22. The van der Waals surface area contributed by atoms with Gasteiger partial charge in [-0.05, 0) is 19.1 Å². The van der Waals surface area contributed by atoms with Crippen LogP contribution in [0.25, 0.3) is 0 Å². The Morgan fingerprint density at radius 3 is 2.61 bits per heavy atom. The normalized spacial score (nSPS) is 9.89. The summed E-state index contributed by atoms with van der Waals surface area (Å²) in [6, 6.07) is 4.19. The van der Waals surface area contributed by atoms with Crippen molar-refractivity contribution >= 4 is 29.1 Å². The molecule has 0 radical (unpaired) electrons. The zero-order valence-corrected chi connectivity index (χ0v) is 10.4. The summed E-state index contributed by atoms with van der Waals surface area (Å²) >= 11 is 5.63. The molecule has 0 unspecified atom stereocenters. The Morgan fingerprint density at radius 2 is 2.00 bits per heavy atom. The van der Waals surface area contributed by atoms with E-state index in [4.69, 9.17) is 11.6 Å². The number of halogens is 1. The first kappa shape index (κ1) is 14.2. The third kappa shape index (κ3) is 3.30. The lowest BCUT2D eigenvalue weighted by Crippen LogP contribution is -2.20. The number of phenols is 1. The Morgan fingerprint density at radius 1 is 1.33 bits per heavy atom. The molecule has 0 aliphatic carbocycles. The van der Waals surface area contributed by atoms with E-state index in [2.05, 4.69) is 4.74 Å². The van der Waals surface area contributed by atoms with Crippen LogP contribution < -0.4 is 0 Å². The van der Waals surface area contributed by atoms with Crippen molar-refractivity contribution in [3.05, 3.63) is 28.8 Å². The van der Waals surface area contributed by atoms with Gasteiger partial charge < -0.3 is 9.84 Å². The molecule has 0 saturated heterocycles. The molecule has 1 rings (SSSR count). The predicted octanol–water partition coefficient (Wildman–Crippen LogP) is 1.75. The second-order valence-electron chi connectivity index (χ2n) is 3.38. The Hall–Kier alpha value is -1.88. The molecule has 0 heterocycles. The van der Waals surface area contributed by atoms with Crippen molar-refractivity contribution in [1.82, 2.24) is 0 Å². The fourth-order valence-electron chi connectivity index (χ4n) is 1.27. The maximum atomic E-state index is 11.7. The number of hydrogen-bond donors (Lipinski definition) is 1. The number of phenolic OH excluding ortho intramolecular Hbond substituents is 1. The molecule has 6 heteroatoms. The van der Waals surface area contributed by atoms with Gasteiger partial charge in [-0.25, -0.2) is 4.79 Å². The third-order valence-electron chi connectivity index (χ3n) is 2.11. The van der Waals surface area contributed by atoms with Gasteiger partial charge in [-0.3, -0.25) is 9.59 Å². The van der Waals surface area contributed by atoms with Crippen LogP contribution in [0.3, 0.4) is 0 Å². The van der Waals surface area contributed by atoms with Crippen molar-refractivity contribution in [1.29, 1.82) is 0 Å². The van der Waals surface area contributed by atoms with Crippen LogP contribution in [0.5, 0.6) is 5.75 Å². The fourth-order valence-corrected chi connectivity index (χ4v) is 1.44. The number of para-hydroxylation sites is 1. The van der Waals surface area contributed by atoms with Crippen LogP contribution in [0.2, 0.25) is 5.02 Å². The Kier molecular flexibility index (Phi) is 4.85. The number of esters is 1. The quantitative estimate of drug-likeness (QED) is 0.382. The largest absolute Gasteiger partial charge is 0.506 e. The fraction of sp³-hybridized carbons (Fsp3) is 0.250. The molecule has 0 aliphatic heterocycles. The van der Waals surface area contributed by atoms with Crippen LogP contribution in [-0.2, 0) is 14.3 Å². The summed E-state index contributed by atoms with van der Waals surface area (Å²) in [4.78, 5) is 34.0. The Bertz CT molecular complexity index is 495. The molecule has 0 spiro atoms. The number of ketones is 2. The van der Waals surface area contributed by atoms with Crippen LogP contribution in [0.15, 0.2) is 18.2 Å². The topological polar surface area (TPSA) is 80.7 Å². The van der Waals surface area contributed by atoms with E-state index in [1.807, 2.05) is 0 Å². The average Bonchev–Trinajstić information content (AvgIpc) is 2.32. The highest BCUT2D eigenvalue weighted by molar-refractivity contribution is 6.38. The van der Waals surface area contributed by atoms with E-state index in [0.29, 0.717) is 0 Å². The average molecular weight is 271 g/mol. The highest BCUT2D eigenvalue weighted by atomic mass is 35.5. The lowest BCUT2D eigenvalue weighted by atomic mass is 10.1. The molecule has 0 atom stereocenters. The van der Waals surface area contributed by atoms with Crippen molar-refractivity contribution in [2.75, 3.05) is 6.61 Å². The molecule has 96 valence electrons. The number of carbonyl (C=O) groups excluding carboxylic acids is 3. The van der Waals surface area contributed by atoms with Crippen molar-refractivity contribution < 1.29 is 24.2 Å². The smallest absolute Gasteiger partial charge is 0.375 e. The lowest BCUT2D eigenvalue weighted by molar-refractivity contribution is -0.153. The maximum Gasteiger partial charge on any atom is 0.375 e. The predicted molar refractivity (Wildman–Crippen MR) is 63.7 cm³/mol.